The van der Waals surface area contributed by atoms with Crippen LogP contribution in [0.4, 0.5) is 11.4 Å². The predicted octanol–water partition coefficient (Wildman–Crippen LogP) is 4.47. The third kappa shape index (κ3) is 2.50. The molecule has 0 unspecified atom stereocenters. The number of para-hydroxylation sites is 4. The van der Waals surface area contributed by atoms with Crippen molar-refractivity contribution >= 4 is 22.5 Å². The Balaban J connectivity index is 1.77. The van der Waals surface area contributed by atoms with E-state index in [1.165, 1.54) is 0 Å². The minimum Gasteiger partial charge on any atom is -0.438 e. The lowest BCUT2D eigenvalue weighted by Gasteiger charge is -2.35. The molecule has 6 nitrogen and oxygen atoms in total. The number of hydrogen-bond acceptors (Lipinski definition) is 5. The van der Waals surface area contributed by atoms with Gasteiger partial charge in [-0.15, -0.1) is 0 Å². The van der Waals surface area contributed by atoms with Crippen LogP contribution in [0, 0.1) is 10.1 Å². The second kappa shape index (κ2) is 5.96. The van der Waals surface area contributed by atoms with Gasteiger partial charge in [0.25, 0.3) is 5.69 Å². The van der Waals surface area contributed by atoms with Crippen LogP contribution in [-0.2, 0) is 0 Å². The maximum atomic E-state index is 11.4. The summed E-state index contributed by atoms with van der Waals surface area (Å²) in [6.07, 6.45) is 2.93. The van der Waals surface area contributed by atoms with E-state index < -0.39 is 0 Å². The van der Waals surface area contributed by atoms with Crippen molar-refractivity contribution in [3.63, 3.8) is 0 Å². The van der Waals surface area contributed by atoms with Gasteiger partial charge in [0.1, 0.15) is 17.2 Å². The molecule has 2 aromatic carbocycles. The summed E-state index contributed by atoms with van der Waals surface area (Å²) >= 11 is 0. The Hall–Kier alpha value is -2.89. The summed E-state index contributed by atoms with van der Waals surface area (Å²) in [5.41, 5.74) is 2.33. The Morgan fingerprint density at radius 1 is 1.12 bits per heavy atom. The number of aromatic nitrogens is 1. The zero-order valence-electron chi connectivity index (χ0n) is 13.1. The lowest BCUT2D eigenvalue weighted by molar-refractivity contribution is -0.384. The first-order valence-electron chi connectivity index (χ1n) is 8.09. The lowest BCUT2D eigenvalue weighted by atomic mass is 10.0. The standard InChI is InChI=1S/C18H17N3O3/c22-21(23)15-9-3-2-8-14(15)20-12-6-5-10-16(20)18-19-13-7-1-4-11-17(13)24-18/h1-4,7-9,11,16H,5-6,10,12H2/t16-/m1/s1. The third-order valence-electron chi connectivity index (χ3n) is 4.49. The van der Waals surface area contributed by atoms with Crippen LogP contribution in [0.15, 0.2) is 52.9 Å². The Morgan fingerprint density at radius 2 is 1.92 bits per heavy atom. The van der Waals surface area contributed by atoms with Gasteiger partial charge in [-0.05, 0) is 37.5 Å². The quantitative estimate of drug-likeness (QED) is 0.525. The van der Waals surface area contributed by atoms with Crippen LogP contribution in [-0.4, -0.2) is 16.5 Å². The molecule has 1 aliphatic rings. The highest BCUT2D eigenvalue weighted by Gasteiger charge is 2.31. The first-order chi connectivity index (χ1) is 11.7. The molecule has 122 valence electrons. The molecule has 0 saturated carbocycles. The van der Waals surface area contributed by atoms with Gasteiger partial charge in [0.2, 0.25) is 5.89 Å². The van der Waals surface area contributed by atoms with Gasteiger partial charge >= 0.3 is 0 Å². The summed E-state index contributed by atoms with van der Waals surface area (Å²) in [5.74, 6) is 0.633. The predicted molar refractivity (Wildman–Crippen MR) is 91.0 cm³/mol. The number of fused-ring (bicyclic) bond motifs is 1. The minimum atomic E-state index is -0.326. The van der Waals surface area contributed by atoms with Gasteiger partial charge in [-0.3, -0.25) is 10.1 Å². The summed E-state index contributed by atoms with van der Waals surface area (Å²) < 4.78 is 5.94. The average Bonchev–Trinajstić information content (AvgIpc) is 3.05. The summed E-state index contributed by atoms with van der Waals surface area (Å²) in [5, 5.41) is 11.4. The molecule has 0 spiro atoms. The lowest BCUT2D eigenvalue weighted by Crippen LogP contribution is -2.34. The topological polar surface area (TPSA) is 72.4 Å². The smallest absolute Gasteiger partial charge is 0.292 e. The van der Waals surface area contributed by atoms with Crippen molar-refractivity contribution in [1.82, 2.24) is 4.98 Å². The SMILES string of the molecule is O=[N+]([O-])c1ccccc1N1CCCC[C@@H]1c1nc2ccccc2o1. The van der Waals surface area contributed by atoms with Crippen LogP contribution in [0.1, 0.15) is 31.2 Å². The zero-order chi connectivity index (χ0) is 16.5. The number of nitro groups is 1. The maximum absolute atomic E-state index is 11.4. The van der Waals surface area contributed by atoms with E-state index in [9.17, 15) is 10.1 Å². The maximum Gasteiger partial charge on any atom is 0.292 e. The minimum absolute atomic E-state index is 0.0766. The van der Waals surface area contributed by atoms with Crippen LogP contribution in [0.2, 0.25) is 0 Å². The monoisotopic (exact) mass is 323 g/mol. The Morgan fingerprint density at radius 3 is 2.75 bits per heavy atom. The molecular weight excluding hydrogens is 306 g/mol. The first-order valence-corrected chi connectivity index (χ1v) is 8.09. The first kappa shape index (κ1) is 14.7. The van der Waals surface area contributed by atoms with Crippen molar-refractivity contribution < 1.29 is 9.34 Å². The molecule has 2 heterocycles. The molecule has 1 saturated heterocycles. The van der Waals surface area contributed by atoms with E-state index in [2.05, 4.69) is 9.88 Å². The van der Waals surface area contributed by atoms with Gasteiger partial charge in [-0.2, -0.15) is 0 Å². The third-order valence-corrected chi connectivity index (χ3v) is 4.49. The summed E-state index contributed by atoms with van der Waals surface area (Å²) in [4.78, 5) is 17.7. The highest BCUT2D eigenvalue weighted by molar-refractivity contribution is 5.72. The van der Waals surface area contributed by atoms with E-state index >= 15 is 0 Å². The van der Waals surface area contributed by atoms with Gasteiger partial charge in [0.15, 0.2) is 5.58 Å². The molecular formula is C18H17N3O3. The molecule has 0 radical (unpaired) electrons. The van der Waals surface area contributed by atoms with Crippen LogP contribution < -0.4 is 4.90 Å². The Labute approximate surface area is 138 Å². The van der Waals surface area contributed by atoms with Crippen molar-refractivity contribution in [2.75, 3.05) is 11.4 Å². The van der Waals surface area contributed by atoms with Gasteiger partial charge in [-0.1, -0.05) is 24.3 Å². The largest absolute Gasteiger partial charge is 0.438 e. The second-order valence-electron chi connectivity index (χ2n) is 5.97. The molecule has 0 N–H and O–H groups in total. The van der Waals surface area contributed by atoms with E-state index in [4.69, 9.17) is 4.42 Å². The normalized spacial score (nSPS) is 18.0. The van der Waals surface area contributed by atoms with E-state index in [-0.39, 0.29) is 16.7 Å². The highest BCUT2D eigenvalue weighted by atomic mass is 16.6. The highest BCUT2D eigenvalue weighted by Crippen LogP contribution is 2.39. The van der Waals surface area contributed by atoms with Crippen molar-refractivity contribution in [3.8, 4) is 0 Å². The number of piperidine rings is 1. The molecule has 4 rings (SSSR count). The fraction of sp³-hybridized carbons (Fsp3) is 0.278. The van der Waals surface area contributed by atoms with E-state index in [1.54, 1.807) is 18.2 Å². The van der Waals surface area contributed by atoms with Crippen LogP contribution in [0.3, 0.4) is 0 Å². The molecule has 6 heteroatoms. The molecule has 0 amide bonds. The Kier molecular flexibility index (Phi) is 3.65. The van der Waals surface area contributed by atoms with Crippen molar-refractivity contribution in [2.24, 2.45) is 0 Å². The number of hydrogen-bond donors (Lipinski definition) is 0. The molecule has 1 aliphatic heterocycles. The number of benzene rings is 2. The van der Waals surface area contributed by atoms with Gasteiger partial charge in [0, 0.05) is 12.6 Å². The van der Waals surface area contributed by atoms with Crippen LogP contribution in [0.25, 0.3) is 11.1 Å². The molecule has 1 fully saturated rings. The van der Waals surface area contributed by atoms with E-state index in [1.807, 2.05) is 30.3 Å². The molecule has 3 aromatic rings. The summed E-state index contributed by atoms with van der Waals surface area (Å²) in [6.45, 7) is 0.758. The second-order valence-corrected chi connectivity index (χ2v) is 5.97. The molecule has 0 bridgehead atoms. The number of anilines is 1. The molecule has 1 atom stereocenters. The summed E-state index contributed by atoms with van der Waals surface area (Å²) in [7, 11) is 0. The van der Waals surface area contributed by atoms with Crippen LogP contribution in [0.5, 0.6) is 0 Å². The van der Waals surface area contributed by atoms with Crippen molar-refractivity contribution in [2.45, 2.75) is 25.3 Å². The zero-order valence-corrected chi connectivity index (χ0v) is 13.1. The van der Waals surface area contributed by atoms with Gasteiger partial charge in [-0.25, -0.2) is 4.98 Å². The fourth-order valence-electron chi connectivity index (χ4n) is 3.37. The van der Waals surface area contributed by atoms with Gasteiger partial charge < -0.3 is 9.32 Å². The number of nitro benzene ring substituents is 1. The van der Waals surface area contributed by atoms with E-state index in [0.29, 0.717) is 11.6 Å². The fourth-order valence-corrected chi connectivity index (χ4v) is 3.37. The van der Waals surface area contributed by atoms with Crippen molar-refractivity contribution in [1.29, 1.82) is 0 Å². The Bertz CT molecular complexity index is 857. The summed E-state index contributed by atoms with van der Waals surface area (Å²) in [6, 6.07) is 14.5. The van der Waals surface area contributed by atoms with Crippen molar-refractivity contribution in [3.05, 3.63) is 64.5 Å². The van der Waals surface area contributed by atoms with E-state index in [0.717, 1.165) is 36.9 Å². The molecule has 1 aromatic heterocycles. The molecule has 24 heavy (non-hydrogen) atoms. The molecule has 0 aliphatic carbocycles. The van der Waals surface area contributed by atoms with Crippen LogP contribution >= 0.6 is 0 Å². The number of rotatable bonds is 3. The van der Waals surface area contributed by atoms with Gasteiger partial charge in [0.05, 0.1) is 4.92 Å². The average molecular weight is 323 g/mol. The number of nitrogens with zero attached hydrogens (tertiary/aromatic N) is 3. The number of oxazole rings is 1.